The molecule has 1 heterocycles. The summed E-state index contributed by atoms with van der Waals surface area (Å²) in [5, 5.41) is 4.29. The smallest absolute Gasteiger partial charge is 0.262 e. The Balaban J connectivity index is 1.61. The van der Waals surface area contributed by atoms with Crippen molar-refractivity contribution in [3.63, 3.8) is 0 Å². The molecule has 1 fully saturated rings. The maximum Gasteiger partial charge on any atom is 0.262 e. The lowest BCUT2D eigenvalue weighted by Crippen LogP contribution is -2.27. The van der Waals surface area contributed by atoms with Crippen LogP contribution in [-0.4, -0.2) is 21.2 Å². The van der Waals surface area contributed by atoms with Crippen LogP contribution in [0.3, 0.4) is 0 Å². The third-order valence-corrected chi connectivity index (χ3v) is 6.50. The largest absolute Gasteiger partial charge is 0.325 e. The number of amides is 1. The van der Waals surface area contributed by atoms with Gasteiger partial charge < -0.3 is 5.32 Å². The van der Waals surface area contributed by atoms with E-state index in [9.17, 15) is 9.59 Å². The van der Waals surface area contributed by atoms with Crippen molar-refractivity contribution in [1.29, 1.82) is 0 Å². The number of nitrogens with zero attached hydrogens (tertiary/aromatic N) is 2. The van der Waals surface area contributed by atoms with Gasteiger partial charge in [0.15, 0.2) is 5.16 Å². The first-order valence-corrected chi connectivity index (χ1v) is 11.0. The zero-order valence-corrected chi connectivity index (χ0v) is 17.6. The molecular formula is C23H25N3O2S. The first kappa shape index (κ1) is 19.7. The highest BCUT2D eigenvalue weighted by Crippen LogP contribution is 2.32. The summed E-state index contributed by atoms with van der Waals surface area (Å²) in [4.78, 5) is 30.5. The zero-order valence-electron chi connectivity index (χ0n) is 16.8. The number of hydrogen-bond donors (Lipinski definition) is 1. The third kappa shape index (κ3) is 4.08. The van der Waals surface area contributed by atoms with Gasteiger partial charge in [0, 0.05) is 11.7 Å². The Bertz CT molecular complexity index is 1100. The molecule has 5 nitrogen and oxygen atoms in total. The van der Waals surface area contributed by atoms with Crippen LogP contribution in [0.2, 0.25) is 0 Å². The van der Waals surface area contributed by atoms with Crippen molar-refractivity contribution in [2.45, 2.75) is 50.7 Å². The average Bonchev–Trinajstić information content (AvgIpc) is 3.24. The minimum atomic E-state index is -0.0900. The number of thioether (sulfide) groups is 1. The summed E-state index contributed by atoms with van der Waals surface area (Å²) in [7, 11) is 0. The SMILES string of the molecule is Cc1cccc(C)c1NC(=O)CSc1nc2ccccc2c(=O)n1C1CCCC1. The van der Waals surface area contributed by atoms with Gasteiger partial charge in [-0.1, -0.05) is 54.9 Å². The van der Waals surface area contributed by atoms with Crippen LogP contribution in [0.4, 0.5) is 5.69 Å². The first-order chi connectivity index (χ1) is 14.0. The molecule has 1 N–H and O–H groups in total. The van der Waals surface area contributed by atoms with Gasteiger partial charge >= 0.3 is 0 Å². The van der Waals surface area contributed by atoms with Crippen molar-refractivity contribution in [2.75, 3.05) is 11.1 Å². The van der Waals surface area contributed by atoms with Crippen LogP contribution in [-0.2, 0) is 4.79 Å². The van der Waals surface area contributed by atoms with E-state index in [-0.39, 0.29) is 23.3 Å². The molecule has 1 aromatic heterocycles. The monoisotopic (exact) mass is 407 g/mol. The zero-order chi connectivity index (χ0) is 20.4. The summed E-state index contributed by atoms with van der Waals surface area (Å²) in [6.07, 6.45) is 4.23. The number of anilines is 1. The first-order valence-electron chi connectivity index (χ1n) is 10.0. The lowest BCUT2D eigenvalue weighted by atomic mass is 10.1. The lowest BCUT2D eigenvalue weighted by molar-refractivity contribution is -0.113. The maximum atomic E-state index is 13.2. The van der Waals surface area contributed by atoms with Crippen LogP contribution in [0.5, 0.6) is 0 Å². The molecule has 4 rings (SSSR count). The Labute approximate surface area is 174 Å². The fourth-order valence-electron chi connectivity index (χ4n) is 4.03. The van der Waals surface area contributed by atoms with Gasteiger partial charge in [0.05, 0.1) is 16.7 Å². The van der Waals surface area contributed by atoms with Gasteiger partial charge in [0.1, 0.15) is 0 Å². The van der Waals surface area contributed by atoms with Gasteiger partial charge in [-0.15, -0.1) is 0 Å². The highest BCUT2D eigenvalue weighted by molar-refractivity contribution is 7.99. The average molecular weight is 408 g/mol. The molecule has 0 aliphatic heterocycles. The van der Waals surface area contributed by atoms with Gasteiger partial charge in [-0.3, -0.25) is 14.2 Å². The molecule has 1 amide bonds. The highest BCUT2D eigenvalue weighted by Gasteiger charge is 2.23. The summed E-state index contributed by atoms with van der Waals surface area (Å²) in [6.45, 7) is 3.97. The quantitative estimate of drug-likeness (QED) is 0.485. The fourth-order valence-corrected chi connectivity index (χ4v) is 4.90. The van der Waals surface area contributed by atoms with Crippen molar-refractivity contribution >= 4 is 34.3 Å². The predicted molar refractivity (Wildman–Crippen MR) is 119 cm³/mol. The van der Waals surface area contributed by atoms with Crippen LogP contribution in [0.15, 0.2) is 52.4 Å². The van der Waals surface area contributed by atoms with E-state index in [1.54, 1.807) is 0 Å². The summed E-state index contributed by atoms with van der Waals surface area (Å²) in [5.74, 6) is 0.124. The minimum Gasteiger partial charge on any atom is -0.325 e. The number of carbonyl (C=O) groups is 1. The van der Waals surface area contributed by atoms with Gasteiger partial charge in [0.25, 0.3) is 5.56 Å². The van der Waals surface area contributed by atoms with Crippen molar-refractivity contribution < 1.29 is 4.79 Å². The molecule has 0 radical (unpaired) electrons. The lowest BCUT2D eigenvalue weighted by Gasteiger charge is -2.18. The third-order valence-electron chi connectivity index (χ3n) is 5.54. The van der Waals surface area contributed by atoms with E-state index < -0.39 is 0 Å². The number of nitrogens with one attached hydrogen (secondary N) is 1. The number of aryl methyl sites for hydroxylation is 2. The molecule has 0 spiro atoms. The van der Waals surface area contributed by atoms with Crippen molar-refractivity contribution in [3.8, 4) is 0 Å². The molecule has 1 aliphatic rings. The molecule has 1 saturated carbocycles. The predicted octanol–water partition coefficient (Wildman–Crippen LogP) is 4.86. The Morgan fingerprint density at radius 2 is 1.79 bits per heavy atom. The van der Waals surface area contributed by atoms with E-state index in [2.05, 4.69) is 5.32 Å². The van der Waals surface area contributed by atoms with Crippen molar-refractivity contribution in [3.05, 3.63) is 63.9 Å². The molecule has 0 saturated heterocycles. The van der Waals surface area contributed by atoms with E-state index in [4.69, 9.17) is 4.98 Å². The number of aromatic nitrogens is 2. The number of rotatable bonds is 5. The van der Waals surface area contributed by atoms with Crippen LogP contribution in [0, 0.1) is 13.8 Å². The number of fused-ring (bicyclic) bond motifs is 1. The van der Waals surface area contributed by atoms with Crippen molar-refractivity contribution in [2.24, 2.45) is 0 Å². The molecule has 1 aliphatic carbocycles. The second kappa shape index (κ2) is 8.41. The fraction of sp³-hybridized carbons (Fsp3) is 0.348. The van der Waals surface area contributed by atoms with E-state index in [0.29, 0.717) is 16.1 Å². The van der Waals surface area contributed by atoms with Crippen LogP contribution in [0.1, 0.15) is 42.9 Å². The van der Waals surface area contributed by atoms with Gasteiger partial charge in [-0.05, 0) is 49.9 Å². The van der Waals surface area contributed by atoms with Gasteiger partial charge in [0.2, 0.25) is 5.91 Å². The number of benzene rings is 2. The Hall–Kier alpha value is -2.60. The number of para-hydroxylation sites is 2. The molecular weight excluding hydrogens is 382 g/mol. The summed E-state index contributed by atoms with van der Waals surface area (Å²) in [5.41, 5.74) is 3.62. The second-order valence-corrected chi connectivity index (χ2v) is 8.57. The summed E-state index contributed by atoms with van der Waals surface area (Å²) < 4.78 is 1.83. The van der Waals surface area contributed by atoms with E-state index in [0.717, 1.165) is 42.5 Å². The molecule has 0 atom stereocenters. The number of carbonyl (C=O) groups excluding carboxylic acids is 1. The van der Waals surface area contributed by atoms with E-state index in [1.807, 2.05) is 60.9 Å². The number of hydrogen-bond acceptors (Lipinski definition) is 4. The molecule has 3 aromatic rings. The van der Waals surface area contributed by atoms with Crippen LogP contribution in [0.25, 0.3) is 10.9 Å². The Morgan fingerprint density at radius 1 is 1.10 bits per heavy atom. The highest BCUT2D eigenvalue weighted by atomic mass is 32.2. The Morgan fingerprint density at radius 3 is 2.52 bits per heavy atom. The summed E-state index contributed by atoms with van der Waals surface area (Å²) >= 11 is 1.34. The van der Waals surface area contributed by atoms with Crippen LogP contribution >= 0.6 is 11.8 Å². The molecule has 2 aromatic carbocycles. The Kier molecular flexibility index (Phi) is 5.72. The second-order valence-electron chi connectivity index (χ2n) is 7.63. The molecule has 0 unspecified atom stereocenters. The minimum absolute atomic E-state index is 0.000145. The van der Waals surface area contributed by atoms with E-state index >= 15 is 0 Å². The van der Waals surface area contributed by atoms with Crippen LogP contribution < -0.4 is 10.9 Å². The van der Waals surface area contributed by atoms with E-state index in [1.165, 1.54) is 11.8 Å². The topological polar surface area (TPSA) is 64.0 Å². The summed E-state index contributed by atoms with van der Waals surface area (Å²) in [6, 6.07) is 13.6. The molecule has 6 heteroatoms. The van der Waals surface area contributed by atoms with Crippen molar-refractivity contribution in [1.82, 2.24) is 9.55 Å². The van der Waals surface area contributed by atoms with Gasteiger partial charge in [-0.25, -0.2) is 4.98 Å². The molecule has 0 bridgehead atoms. The maximum absolute atomic E-state index is 13.2. The molecule has 29 heavy (non-hydrogen) atoms. The van der Waals surface area contributed by atoms with Gasteiger partial charge in [-0.2, -0.15) is 0 Å². The standard InChI is InChI=1S/C23H25N3O2S/c1-15-8-7-9-16(2)21(15)25-20(27)14-29-23-24-19-13-6-5-12-18(19)22(28)26(23)17-10-3-4-11-17/h5-9,12-13,17H,3-4,10-11,14H2,1-2H3,(H,25,27). The molecule has 150 valence electrons. The normalized spacial score (nSPS) is 14.4.